The summed E-state index contributed by atoms with van der Waals surface area (Å²) in [7, 11) is 0. The maximum Gasteiger partial charge on any atom is 0.185 e. The SMILES string of the molecule is Cc1csc(N2CCCCCC2CO)n1. The molecule has 0 aromatic carbocycles. The second-order valence-electron chi connectivity index (χ2n) is 4.15. The first-order valence-corrected chi connectivity index (χ1v) is 6.49. The summed E-state index contributed by atoms with van der Waals surface area (Å²) in [6.45, 7) is 3.31. The number of aliphatic hydroxyl groups excluding tert-OH is 1. The van der Waals surface area contributed by atoms with Gasteiger partial charge in [-0.25, -0.2) is 4.98 Å². The van der Waals surface area contributed by atoms with E-state index in [1.165, 1.54) is 19.3 Å². The summed E-state index contributed by atoms with van der Waals surface area (Å²) in [6.07, 6.45) is 4.81. The van der Waals surface area contributed by atoms with Crippen LogP contribution in [0.4, 0.5) is 5.13 Å². The molecule has 1 aromatic rings. The van der Waals surface area contributed by atoms with E-state index >= 15 is 0 Å². The molecule has 0 amide bonds. The van der Waals surface area contributed by atoms with Crippen molar-refractivity contribution in [3.8, 4) is 0 Å². The van der Waals surface area contributed by atoms with E-state index in [-0.39, 0.29) is 12.6 Å². The summed E-state index contributed by atoms with van der Waals surface area (Å²) in [4.78, 5) is 6.79. The normalized spacial score (nSPS) is 22.8. The lowest BCUT2D eigenvalue weighted by molar-refractivity contribution is 0.255. The predicted molar refractivity (Wildman–Crippen MR) is 63.5 cm³/mol. The molecule has 15 heavy (non-hydrogen) atoms. The Balaban J connectivity index is 2.16. The van der Waals surface area contributed by atoms with Gasteiger partial charge in [-0.1, -0.05) is 12.8 Å². The van der Waals surface area contributed by atoms with Gasteiger partial charge in [0.25, 0.3) is 0 Å². The summed E-state index contributed by atoms with van der Waals surface area (Å²) in [6, 6.07) is 0.276. The molecule has 0 bridgehead atoms. The Morgan fingerprint density at radius 3 is 3.07 bits per heavy atom. The van der Waals surface area contributed by atoms with Crippen molar-refractivity contribution in [2.24, 2.45) is 0 Å². The average molecular weight is 226 g/mol. The quantitative estimate of drug-likeness (QED) is 0.840. The fraction of sp³-hybridized carbons (Fsp3) is 0.727. The van der Waals surface area contributed by atoms with Gasteiger partial charge in [0.05, 0.1) is 18.3 Å². The summed E-state index contributed by atoms with van der Waals surface area (Å²) < 4.78 is 0. The molecule has 1 fully saturated rings. The van der Waals surface area contributed by atoms with Gasteiger partial charge in [-0.05, 0) is 19.8 Å². The molecule has 2 heterocycles. The highest BCUT2D eigenvalue weighted by molar-refractivity contribution is 7.13. The van der Waals surface area contributed by atoms with Gasteiger partial charge in [0.15, 0.2) is 5.13 Å². The Morgan fingerprint density at radius 1 is 1.53 bits per heavy atom. The smallest absolute Gasteiger partial charge is 0.185 e. The zero-order chi connectivity index (χ0) is 10.7. The van der Waals surface area contributed by atoms with Crippen LogP contribution in [0.3, 0.4) is 0 Å². The molecule has 2 rings (SSSR count). The molecule has 1 unspecified atom stereocenters. The standard InChI is InChI=1S/C11H18N2OS/c1-9-8-15-11(12-9)13-6-4-2-3-5-10(13)7-14/h8,10,14H,2-7H2,1H3. The van der Waals surface area contributed by atoms with Crippen LogP contribution in [0.15, 0.2) is 5.38 Å². The minimum Gasteiger partial charge on any atom is -0.394 e. The fourth-order valence-corrected chi connectivity index (χ4v) is 2.99. The van der Waals surface area contributed by atoms with Crippen molar-refractivity contribution < 1.29 is 5.11 Å². The molecular weight excluding hydrogens is 208 g/mol. The molecule has 0 spiro atoms. The number of hydrogen-bond acceptors (Lipinski definition) is 4. The lowest BCUT2D eigenvalue weighted by Crippen LogP contribution is -2.37. The predicted octanol–water partition coefficient (Wildman–Crippen LogP) is 2.19. The highest BCUT2D eigenvalue weighted by Gasteiger charge is 2.22. The molecule has 1 saturated heterocycles. The van der Waals surface area contributed by atoms with Crippen molar-refractivity contribution in [3.05, 3.63) is 11.1 Å². The van der Waals surface area contributed by atoms with Gasteiger partial charge in [0.1, 0.15) is 0 Å². The van der Waals surface area contributed by atoms with E-state index < -0.39 is 0 Å². The van der Waals surface area contributed by atoms with Gasteiger partial charge in [0.2, 0.25) is 0 Å². The van der Waals surface area contributed by atoms with Crippen LogP contribution < -0.4 is 4.90 Å². The van der Waals surface area contributed by atoms with Gasteiger partial charge >= 0.3 is 0 Å². The largest absolute Gasteiger partial charge is 0.394 e. The van der Waals surface area contributed by atoms with Crippen LogP contribution in [-0.2, 0) is 0 Å². The van der Waals surface area contributed by atoms with Crippen LogP contribution in [0, 0.1) is 6.92 Å². The minimum absolute atomic E-state index is 0.249. The number of thiazole rings is 1. The third-order valence-corrected chi connectivity index (χ3v) is 3.94. The van der Waals surface area contributed by atoms with Gasteiger partial charge < -0.3 is 10.0 Å². The first kappa shape index (κ1) is 10.9. The molecule has 0 radical (unpaired) electrons. The van der Waals surface area contributed by atoms with Crippen LogP contribution in [0.1, 0.15) is 31.4 Å². The van der Waals surface area contributed by atoms with Crippen LogP contribution in [0.2, 0.25) is 0 Å². The molecule has 0 aliphatic carbocycles. The van der Waals surface area contributed by atoms with E-state index in [0.717, 1.165) is 23.8 Å². The van der Waals surface area contributed by atoms with Crippen LogP contribution in [0.5, 0.6) is 0 Å². The highest BCUT2D eigenvalue weighted by atomic mass is 32.1. The molecular formula is C11H18N2OS. The van der Waals surface area contributed by atoms with Gasteiger partial charge in [-0.3, -0.25) is 0 Å². The monoisotopic (exact) mass is 226 g/mol. The number of hydrogen-bond donors (Lipinski definition) is 1. The second-order valence-corrected chi connectivity index (χ2v) is 4.99. The van der Waals surface area contributed by atoms with E-state index in [0.29, 0.717) is 0 Å². The van der Waals surface area contributed by atoms with Crippen molar-refractivity contribution in [3.63, 3.8) is 0 Å². The number of aryl methyl sites for hydroxylation is 1. The topological polar surface area (TPSA) is 36.4 Å². The van der Waals surface area contributed by atoms with Crippen molar-refractivity contribution in [2.75, 3.05) is 18.1 Å². The maximum atomic E-state index is 9.39. The van der Waals surface area contributed by atoms with E-state index in [9.17, 15) is 5.11 Å². The lowest BCUT2D eigenvalue weighted by atomic mass is 10.1. The second kappa shape index (κ2) is 4.94. The summed E-state index contributed by atoms with van der Waals surface area (Å²) in [5.74, 6) is 0. The van der Waals surface area contributed by atoms with Crippen molar-refractivity contribution in [1.82, 2.24) is 4.98 Å². The molecule has 3 nitrogen and oxygen atoms in total. The Labute approximate surface area is 94.8 Å². The lowest BCUT2D eigenvalue weighted by Gasteiger charge is -2.27. The van der Waals surface area contributed by atoms with Crippen molar-refractivity contribution in [1.29, 1.82) is 0 Å². The number of aliphatic hydroxyl groups is 1. The fourth-order valence-electron chi connectivity index (χ4n) is 2.09. The number of anilines is 1. The molecule has 1 aliphatic rings. The maximum absolute atomic E-state index is 9.39. The first-order chi connectivity index (χ1) is 7.31. The van der Waals surface area contributed by atoms with Crippen molar-refractivity contribution >= 4 is 16.5 Å². The number of nitrogens with zero attached hydrogens (tertiary/aromatic N) is 2. The molecule has 1 atom stereocenters. The summed E-state index contributed by atoms with van der Waals surface area (Å²) in [5, 5.41) is 12.5. The summed E-state index contributed by atoms with van der Waals surface area (Å²) in [5.41, 5.74) is 1.08. The molecule has 4 heteroatoms. The Hall–Kier alpha value is -0.610. The minimum atomic E-state index is 0.249. The highest BCUT2D eigenvalue weighted by Crippen LogP contribution is 2.26. The molecule has 1 aliphatic heterocycles. The van der Waals surface area contributed by atoms with E-state index in [1.807, 2.05) is 6.92 Å². The van der Waals surface area contributed by atoms with Gasteiger partial charge in [0, 0.05) is 11.9 Å². The zero-order valence-corrected chi connectivity index (χ0v) is 9.96. The van der Waals surface area contributed by atoms with Gasteiger partial charge in [-0.2, -0.15) is 0 Å². The van der Waals surface area contributed by atoms with E-state index in [2.05, 4.69) is 15.3 Å². The van der Waals surface area contributed by atoms with E-state index in [4.69, 9.17) is 0 Å². The Morgan fingerprint density at radius 2 is 2.40 bits per heavy atom. The third-order valence-electron chi connectivity index (χ3n) is 2.94. The Kier molecular flexibility index (Phi) is 3.59. The first-order valence-electron chi connectivity index (χ1n) is 5.61. The average Bonchev–Trinajstić information content (AvgIpc) is 2.54. The van der Waals surface area contributed by atoms with Gasteiger partial charge in [-0.15, -0.1) is 11.3 Å². The molecule has 1 N–H and O–H groups in total. The van der Waals surface area contributed by atoms with Crippen LogP contribution in [0.25, 0.3) is 0 Å². The molecule has 1 aromatic heterocycles. The van der Waals surface area contributed by atoms with E-state index in [1.54, 1.807) is 11.3 Å². The summed E-state index contributed by atoms with van der Waals surface area (Å²) >= 11 is 1.69. The molecule has 0 saturated carbocycles. The van der Waals surface area contributed by atoms with Crippen LogP contribution in [-0.4, -0.2) is 29.3 Å². The number of rotatable bonds is 2. The zero-order valence-electron chi connectivity index (χ0n) is 9.15. The Bertz CT molecular complexity index is 313. The molecule has 84 valence electrons. The number of aromatic nitrogens is 1. The van der Waals surface area contributed by atoms with Crippen molar-refractivity contribution in [2.45, 2.75) is 38.6 Å². The van der Waals surface area contributed by atoms with Crippen LogP contribution >= 0.6 is 11.3 Å². The third kappa shape index (κ3) is 2.49.